The molecule has 3 aromatic rings. The molecule has 0 saturated heterocycles. The van der Waals surface area contributed by atoms with Crippen LogP contribution in [-0.4, -0.2) is 21.1 Å². The number of para-hydroxylation sites is 2. The van der Waals surface area contributed by atoms with Crippen LogP contribution in [0, 0.1) is 20.8 Å². The molecule has 0 aliphatic rings. The highest BCUT2D eigenvalue weighted by atomic mass is 32.2. The minimum absolute atomic E-state index is 0.0252. The van der Waals surface area contributed by atoms with Crippen LogP contribution in [0.2, 0.25) is 0 Å². The van der Waals surface area contributed by atoms with E-state index in [1.165, 1.54) is 11.8 Å². The van der Waals surface area contributed by atoms with Gasteiger partial charge in [-0.2, -0.15) is 0 Å². The molecule has 128 valence electrons. The lowest BCUT2D eigenvalue weighted by molar-refractivity contribution is -0.115. The largest absolute Gasteiger partial charge is 0.325 e. The third-order valence-electron chi connectivity index (χ3n) is 4.07. The van der Waals surface area contributed by atoms with Crippen LogP contribution in [0.4, 0.5) is 5.69 Å². The van der Waals surface area contributed by atoms with Crippen molar-refractivity contribution in [2.24, 2.45) is 0 Å². The van der Waals surface area contributed by atoms with E-state index < -0.39 is 0 Å². The van der Waals surface area contributed by atoms with Gasteiger partial charge < -0.3 is 5.32 Å². The maximum atomic E-state index is 12.7. The van der Waals surface area contributed by atoms with Crippen molar-refractivity contribution in [1.29, 1.82) is 0 Å². The van der Waals surface area contributed by atoms with Crippen LogP contribution in [0.1, 0.15) is 23.9 Å². The van der Waals surface area contributed by atoms with Crippen molar-refractivity contribution in [3.63, 3.8) is 0 Å². The van der Waals surface area contributed by atoms with Gasteiger partial charge in [-0.1, -0.05) is 48.2 Å². The second-order valence-corrected chi connectivity index (χ2v) is 7.44. The highest BCUT2D eigenvalue weighted by Crippen LogP contribution is 2.29. The van der Waals surface area contributed by atoms with Crippen LogP contribution >= 0.6 is 11.8 Å². The quantitative estimate of drug-likeness (QED) is 0.548. The number of hydrogen-bond acceptors (Lipinski definition) is 4. The van der Waals surface area contributed by atoms with E-state index in [1.807, 2.05) is 70.2 Å². The van der Waals surface area contributed by atoms with Crippen molar-refractivity contribution in [3.8, 4) is 0 Å². The summed E-state index contributed by atoms with van der Waals surface area (Å²) in [5, 5.41) is 4.61. The molecule has 0 bridgehead atoms. The molecule has 1 N–H and O–H groups in total. The molecule has 0 aliphatic heterocycles. The van der Waals surface area contributed by atoms with Gasteiger partial charge in [-0.15, -0.1) is 0 Å². The van der Waals surface area contributed by atoms with Gasteiger partial charge in [0.25, 0.3) is 0 Å². The van der Waals surface area contributed by atoms with E-state index >= 15 is 0 Å². The first-order valence-electron chi connectivity index (χ1n) is 8.23. The number of aryl methyl sites for hydroxylation is 3. The molecule has 1 heterocycles. The SMILES string of the molecule is Cc1nc(S[C@H](C)C(=O)Nc2c(C)cccc2C)c2ccccc2n1. The number of hydrogen-bond donors (Lipinski definition) is 1. The summed E-state index contributed by atoms with van der Waals surface area (Å²) >= 11 is 1.46. The predicted molar refractivity (Wildman–Crippen MR) is 104 cm³/mol. The number of carbonyl (C=O) groups is 1. The van der Waals surface area contributed by atoms with Gasteiger partial charge in [-0.05, 0) is 44.9 Å². The van der Waals surface area contributed by atoms with Gasteiger partial charge in [-0.25, -0.2) is 9.97 Å². The fourth-order valence-electron chi connectivity index (χ4n) is 2.71. The minimum atomic E-state index is -0.267. The van der Waals surface area contributed by atoms with Crippen molar-refractivity contribution < 1.29 is 4.79 Å². The molecule has 0 unspecified atom stereocenters. The monoisotopic (exact) mass is 351 g/mol. The third kappa shape index (κ3) is 3.82. The van der Waals surface area contributed by atoms with E-state index in [9.17, 15) is 4.79 Å². The number of carbonyl (C=O) groups excluding carboxylic acids is 1. The first-order valence-corrected chi connectivity index (χ1v) is 9.11. The highest BCUT2D eigenvalue weighted by molar-refractivity contribution is 8.00. The molecule has 4 nitrogen and oxygen atoms in total. The summed E-state index contributed by atoms with van der Waals surface area (Å²) in [6, 6.07) is 13.9. The lowest BCUT2D eigenvalue weighted by atomic mass is 10.1. The Bertz CT molecular complexity index is 919. The van der Waals surface area contributed by atoms with Gasteiger partial charge in [0.2, 0.25) is 5.91 Å². The fraction of sp³-hybridized carbons (Fsp3) is 0.250. The van der Waals surface area contributed by atoms with Crippen molar-refractivity contribution in [1.82, 2.24) is 9.97 Å². The van der Waals surface area contributed by atoms with E-state index in [2.05, 4.69) is 15.3 Å². The van der Waals surface area contributed by atoms with Crippen LogP contribution in [-0.2, 0) is 4.79 Å². The Morgan fingerprint density at radius 3 is 2.40 bits per heavy atom. The topological polar surface area (TPSA) is 54.9 Å². The Morgan fingerprint density at radius 2 is 1.68 bits per heavy atom. The summed E-state index contributed by atoms with van der Waals surface area (Å²) in [6.45, 7) is 7.78. The molecule has 25 heavy (non-hydrogen) atoms. The van der Waals surface area contributed by atoms with Crippen LogP contribution in [0.5, 0.6) is 0 Å². The molecular weight excluding hydrogens is 330 g/mol. The third-order valence-corrected chi connectivity index (χ3v) is 5.17. The molecule has 2 aromatic carbocycles. The average Bonchev–Trinajstić information content (AvgIpc) is 2.58. The van der Waals surface area contributed by atoms with Gasteiger partial charge in [0, 0.05) is 11.1 Å². The highest BCUT2D eigenvalue weighted by Gasteiger charge is 2.18. The molecule has 0 aliphatic carbocycles. The van der Waals surface area contributed by atoms with E-state index in [1.54, 1.807) is 0 Å². The minimum Gasteiger partial charge on any atom is -0.325 e. The number of amides is 1. The Labute approximate surface area is 152 Å². The van der Waals surface area contributed by atoms with Gasteiger partial charge in [0.05, 0.1) is 10.8 Å². The normalized spacial score (nSPS) is 12.2. The molecule has 1 aromatic heterocycles. The van der Waals surface area contributed by atoms with Crippen LogP contribution in [0.3, 0.4) is 0 Å². The molecule has 0 saturated carbocycles. The number of nitrogens with one attached hydrogen (secondary N) is 1. The molecule has 0 radical (unpaired) electrons. The Balaban J connectivity index is 1.83. The van der Waals surface area contributed by atoms with E-state index in [0.717, 1.165) is 32.7 Å². The first kappa shape index (κ1) is 17.4. The van der Waals surface area contributed by atoms with E-state index in [4.69, 9.17) is 0 Å². The second kappa shape index (κ2) is 7.23. The van der Waals surface area contributed by atoms with Gasteiger partial charge in [0.15, 0.2) is 0 Å². The van der Waals surface area contributed by atoms with Crippen molar-refractivity contribution >= 4 is 34.3 Å². The summed E-state index contributed by atoms with van der Waals surface area (Å²) in [6.07, 6.45) is 0. The summed E-state index contributed by atoms with van der Waals surface area (Å²) in [7, 11) is 0. The Kier molecular flexibility index (Phi) is 5.04. The van der Waals surface area contributed by atoms with E-state index in [-0.39, 0.29) is 11.2 Å². The second-order valence-electron chi connectivity index (χ2n) is 6.11. The summed E-state index contributed by atoms with van der Waals surface area (Å²) in [5.74, 6) is 0.686. The maximum Gasteiger partial charge on any atom is 0.237 e. The lowest BCUT2D eigenvalue weighted by Crippen LogP contribution is -2.23. The number of rotatable bonds is 4. The number of thioether (sulfide) groups is 1. The molecule has 5 heteroatoms. The molecule has 0 fully saturated rings. The standard InChI is InChI=1S/C20H21N3OS/c1-12-8-7-9-13(2)18(12)23-19(24)14(3)25-20-16-10-5-6-11-17(16)21-15(4)22-20/h5-11,14H,1-4H3,(H,23,24)/t14-/m1/s1. The van der Waals surface area contributed by atoms with Gasteiger partial charge in [0.1, 0.15) is 10.9 Å². The van der Waals surface area contributed by atoms with Gasteiger partial charge >= 0.3 is 0 Å². The molecular formula is C20H21N3OS. The number of nitrogens with zero attached hydrogens (tertiary/aromatic N) is 2. The predicted octanol–water partition coefficient (Wildman–Crippen LogP) is 4.67. The van der Waals surface area contributed by atoms with Crippen LogP contribution in [0.25, 0.3) is 10.9 Å². The van der Waals surface area contributed by atoms with Crippen molar-refractivity contribution in [2.75, 3.05) is 5.32 Å². The van der Waals surface area contributed by atoms with Crippen LogP contribution < -0.4 is 5.32 Å². The summed E-state index contributed by atoms with van der Waals surface area (Å²) in [5.41, 5.74) is 3.92. The summed E-state index contributed by atoms with van der Waals surface area (Å²) in [4.78, 5) is 21.7. The number of fused-ring (bicyclic) bond motifs is 1. The zero-order chi connectivity index (χ0) is 18.0. The smallest absolute Gasteiger partial charge is 0.237 e. The molecule has 1 amide bonds. The average molecular weight is 351 g/mol. The lowest BCUT2D eigenvalue weighted by Gasteiger charge is -2.16. The Morgan fingerprint density at radius 1 is 1.00 bits per heavy atom. The number of anilines is 1. The van der Waals surface area contributed by atoms with Gasteiger partial charge in [-0.3, -0.25) is 4.79 Å². The zero-order valence-corrected chi connectivity index (χ0v) is 15.6. The molecule has 3 rings (SSSR count). The summed E-state index contributed by atoms with van der Waals surface area (Å²) < 4.78 is 0. The first-order chi connectivity index (χ1) is 12.0. The van der Waals surface area contributed by atoms with Crippen molar-refractivity contribution in [3.05, 3.63) is 59.4 Å². The molecule has 0 spiro atoms. The molecule has 1 atom stereocenters. The Hall–Kier alpha value is -2.40. The maximum absolute atomic E-state index is 12.7. The van der Waals surface area contributed by atoms with Crippen molar-refractivity contribution in [2.45, 2.75) is 38.0 Å². The zero-order valence-electron chi connectivity index (χ0n) is 14.8. The van der Waals surface area contributed by atoms with Crippen LogP contribution in [0.15, 0.2) is 47.5 Å². The fourth-order valence-corrected chi connectivity index (χ4v) is 3.69. The number of benzene rings is 2. The van der Waals surface area contributed by atoms with E-state index in [0.29, 0.717) is 5.82 Å². The number of aromatic nitrogens is 2.